The van der Waals surface area contributed by atoms with E-state index in [1.165, 1.54) is 0 Å². The fourth-order valence-electron chi connectivity index (χ4n) is 4.68. The third-order valence-electron chi connectivity index (χ3n) is 6.47. The summed E-state index contributed by atoms with van der Waals surface area (Å²) in [7, 11) is 1.64. The normalized spacial score (nSPS) is 14.9. The van der Waals surface area contributed by atoms with Gasteiger partial charge in [-0.1, -0.05) is 35.3 Å². The smallest absolute Gasteiger partial charge is 0.416 e. The Labute approximate surface area is 231 Å². The van der Waals surface area contributed by atoms with E-state index < -0.39 is 6.09 Å². The lowest BCUT2D eigenvalue weighted by molar-refractivity contribution is 0.0544. The lowest BCUT2D eigenvalue weighted by Crippen LogP contribution is -2.42. The Bertz CT molecular complexity index is 1390. The van der Waals surface area contributed by atoms with Crippen molar-refractivity contribution in [3.8, 4) is 11.5 Å². The van der Waals surface area contributed by atoms with Crippen LogP contribution < -0.4 is 9.47 Å². The molecule has 0 aliphatic carbocycles. The molecule has 0 fully saturated rings. The molecule has 1 amide bonds. The van der Waals surface area contributed by atoms with E-state index in [9.17, 15) is 4.79 Å². The molecular weight excluding hydrogens is 527 g/mol. The number of methoxy groups -OCH3 is 1. The van der Waals surface area contributed by atoms with Crippen molar-refractivity contribution in [3.63, 3.8) is 0 Å². The van der Waals surface area contributed by atoms with Crippen molar-refractivity contribution >= 4 is 40.2 Å². The van der Waals surface area contributed by atoms with Crippen molar-refractivity contribution in [1.29, 1.82) is 0 Å². The van der Waals surface area contributed by atoms with Gasteiger partial charge in [0.05, 0.1) is 19.8 Å². The number of benzene rings is 3. The predicted octanol–water partition coefficient (Wildman–Crippen LogP) is 6.66. The molecule has 1 aliphatic heterocycles. The SMILES string of the molecule is COCCOCCOc1ccc(C2c3[nH]c4ccc(Cl)cc4c3CCN2C(=O)Oc2ccc(Cl)cc2)cc1. The lowest BCUT2D eigenvalue weighted by atomic mass is 9.92. The van der Waals surface area contributed by atoms with E-state index in [2.05, 4.69) is 4.98 Å². The minimum absolute atomic E-state index is 0.379. The highest BCUT2D eigenvalue weighted by atomic mass is 35.5. The maximum absolute atomic E-state index is 13.4. The van der Waals surface area contributed by atoms with E-state index >= 15 is 0 Å². The van der Waals surface area contributed by atoms with Crippen molar-refractivity contribution in [2.75, 3.05) is 40.1 Å². The molecule has 0 bridgehead atoms. The fraction of sp³-hybridized carbons (Fsp3) is 0.276. The number of fused-ring (bicyclic) bond motifs is 3. The third-order valence-corrected chi connectivity index (χ3v) is 6.95. The fourth-order valence-corrected chi connectivity index (χ4v) is 4.97. The van der Waals surface area contributed by atoms with Gasteiger partial charge >= 0.3 is 6.09 Å². The summed E-state index contributed by atoms with van der Waals surface area (Å²) in [6.45, 7) is 2.47. The maximum Gasteiger partial charge on any atom is 0.416 e. The molecule has 4 aromatic rings. The standard InChI is InChI=1S/C29H28Cl2N2O5/c1-35-14-15-36-16-17-37-22-7-2-19(3-8-22)28-27-24(25-18-21(31)6-11-26(25)32-27)12-13-33(28)29(34)38-23-9-4-20(30)5-10-23/h2-11,18,28,32H,12-17H2,1H3. The van der Waals surface area contributed by atoms with Crippen molar-refractivity contribution < 1.29 is 23.7 Å². The molecule has 9 heteroatoms. The molecule has 7 nitrogen and oxygen atoms in total. The number of ether oxygens (including phenoxy) is 4. The number of carbonyl (C=O) groups excluding carboxylic acids is 1. The van der Waals surface area contributed by atoms with Crippen molar-refractivity contribution in [2.45, 2.75) is 12.5 Å². The van der Waals surface area contributed by atoms with Crippen LogP contribution in [0.5, 0.6) is 11.5 Å². The zero-order valence-corrected chi connectivity index (χ0v) is 22.4. The summed E-state index contributed by atoms with van der Waals surface area (Å²) >= 11 is 12.3. The van der Waals surface area contributed by atoms with E-state index in [4.69, 9.17) is 42.1 Å². The maximum atomic E-state index is 13.4. The number of aromatic amines is 1. The Morgan fingerprint density at radius 2 is 1.63 bits per heavy atom. The summed E-state index contributed by atoms with van der Waals surface area (Å²) < 4.78 is 22.0. The first kappa shape index (κ1) is 26.4. The van der Waals surface area contributed by atoms with E-state index in [1.54, 1.807) is 36.3 Å². The van der Waals surface area contributed by atoms with Crippen LogP contribution in [-0.2, 0) is 15.9 Å². The van der Waals surface area contributed by atoms with Crippen LogP contribution in [0.1, 0.15) is 22.9 Å². The van der Waals surface area contributed by atoms with Gasteiger partial charge in [0, 0.05) is 40.3 Å². The summed E-state index contributed by atoms with van der Waals surface area (Å²) in [5.74, 6) is 1.16. The van der Waals surface area contributed by atoms with Crippen LogP contribution in [0.3, 0.4) is 0 Å². The Kier molecular flexibility index (Phi) is 8.39. The van der Waals surface area contributed by atoms with Crippen LogP contribution in [0, 0.1) is 0 Å². The molecule has 1 atom stereocenters. The third kappa shape index (κ3) is 5.92. The number of H-pyrrole nitrogens is 1. The first-order valence-electron chi connectivity index (χ1n) is 12.4. The van der Waals surface area contributed by atoms with Crippen LogP contribution in [0.25, 0.3) is 10.9 Å². The molecule has 1 aromatic heterocycles. The van der Waals surface area contributed by atoms with Gasteiger partial charge in [-0.05, 0) is 72.1 Å². The number of carbonyl (C=O) groups is 1. The first-order chi connectivity index (χ1) is 18.5. The topological polar surface area (TPSA) is 73.0 Å². The Morgan fingerprint density at radius 1 is 0.921 bits per heavy atom. The van der Waals surface area contributed by atoms with E-state index in [0.717, 1.165) is 33.5 Å². The molecule has 1 aliphatic rings. The van der Waals surface area contributed by atoms with Crippen LogP contribution in [0.4, 0.5) is 4.79 Å². The van der Waals surface area contributed by atoms with Gasteiger partial charge in [0.2, 0.25) is 0 Å². The van der Waals surface area contributed by atoms with Gasteiger partial charge in [-0.3, -0.25) is 4.90 Å². The monoisotopic (exact) mass is 554 g/mol. The van der Waals surface area contributed by atoms with Crippen LogP contribution in [0.2, 0.25) is 10.0 Å². The van der Waals surface area contributed by atoms with E-state index in [0.29, 0.717) is 55.2 Å². The van der Waals surface area contributed by atoms with Gasteiger partial charge in [0.1, 0.15) is 24.1 Å². The average molecular weight is 555 g/mol. The highest BCUT2D eigenvalue weighted by Gasteiger charge is 2.35. The molecule has 0 radical (unpaired) electrons. The summed E-state index contributed by atoms with van der Waals surface area (Å²) in [6, 6.07) is 19.9. The summed E-state index contributed by atoms with van der Waals surface area (Å²) in [4.78, 5) is 18.7. The molecule has 0 saturated carbocycles. The second kappa shape index (κ2) is 12.1. The molecule has 0 spiro atoms. The Balaban J connectivity index is 1.41. The first-order valence-corrected chi connectivity index (χ1v) is 13.1. The Morgan fingerprint density at radius 3 is 2.39 bits per heavy atom. The molecule has 1 unspecified atom stereocenters. The van der Waals surface area contributed by atoms with E-state index in [-0.39, 0.29) is 6.04 Å². The summed E-state index contributed by atoms with van der Waals surface area (Å²) in [6.07, 6.45) is 0.236. The largest absolute Gasteiger partial charge is 0.491 e. The molecule has 198 valence electrons. The number of halogens is 2. The summed E-state index contributed by atoms with van der Waals surface area (Å²) in [5, 5.41) is 2.32. The van der Waals surface area contributed by atoms with Gasteiger partial charge in [-0.15, -0.1) is 0 Å². The highest BCUT2D eigenvalue weighted by molar-refractivity contribution is 6.31. The number of nitrogens with zero attached hydrogens (tertiary/aromatic N) is 1. The Hall–Kier alpha value is -3.23. The number of amides is 1. The highest BCUT2D eigenvalue weighted by Crippen LogP contribution is 2.40. The predicted molar refractivity (Wildman–Crippen MR) is 148 cm³/mol. The zero-order valence-electron chi connectivity index (χ0n) is 20.9. The molecule has 38 heavy (non-hydrogen) atoms. The van der Waals surface area contributed by atoms with Crippen molar-refractivity contribution in [2.24, 2.45) is 0 Å². The molecule has 2 heterocycles. The average Bonchev–Trinajstić information content (AvgIpc) is 3.29. The summed E-state index contributed by atoms with van der Waals surface area (Å²) in [5.41, 5.74) is 4.00. The van der Waals surface area contributed by atoms with Gasteiger partial charge in [0.15, 0.2) is 0 Å². The zero-order chi connectivity index (χ0) is 26.5. The number of rotatable bonds is 9. The van der Waals surface area contributed by atoms with Crippen LogP contribution in [-0.4, -0.2) is 56.1 Å². The second-order valence-electron chi connectivity index (χ2n) is 8.90. The quantitative estimate of drug-likeness (QED) is 0.234. The van der Waals surface area contributed by atoms with E-state index in [1.807, 2.05) is 42.5 Å². The van der Waals surface area contributed by atoms with Gasteiger partial charge < -0.3 is 23.9 Å². The molecular formula is C29H28Cl2N2O5. The minimum atomic E-state index is -0.437. The van der Waals surface area contributed by atoms with Gasteiger partial charge in [-0.2, -0.15) is 0 Å². The van der Waals surface area contributed by atoms with Crippen molar-refractivity contribution in [3.05, 3.63) is 93.6 Å². The van der Waals surface area contributed by atoms with Gasteiger partial charge in [-0.25, -0.2) is 4.79 Å². The minimum Gasteiger partial charge on any atom is -0.491 e. The number of hydrogen-bond donors (Lipinski definition) is 1. The second-order valence-corrected chi connectivity index (χ2v) is 9.77. The molecule has 0 saturated heterocycles. The number of hydrogen-bond acceptors (Lipinski definition) is 5. The molecule has 1 N–H and O–H groups in total. The molecule has 3 aromatic carbocycles. The molecule has 5 rings (SSSR count). The number of nitrogens with one attached hydrogen (secondary N) is 1. The van der Waals surface area contributed by atoms with Crippen LogP contribution in [0.15, 0.2) is 66.7 Å². The van der Waals surface area contributed by atoms with Crippen LogP contribution >= 0.6 is 23.2 Å². The lowest BCUT2D eigenvalue weighted by Gasteiger charge is -2.35. The van der Waals surface area contributed by atoms with Crippen molar-refractivity contribution in [1.82, 2.24) is 9.88 Å². The van der Waals surface area contributed by atoms with Gasteiger partial charge in [0.25, 0.3) is 0 Å². The number of aromatic nitrogens is 1.